The van der Waals surface area contributed by atoms with Gasteiger partial charge in [0.05, 0.1) is 16.2 Å². The van der Waals surface area contributed by atoms with Crippen LogP contribution in [0.5, 0.6) is 0 Å². The largest absolute Gasteiger partial charge is 0.478 e. The summed E-state index contributed by atoms with van der Waals surface area (Å²) in [6, 6.07) is 8.19. The van der Waals surface area contributed by atoms with Crippen molar-refractivity contribution in [1.82, 2.24) is 26.6 Å². The first-order chi connectivity index (χ1) is 30.3. The van der Waals surface area contributed by atoms with E-state index >= 15 is 0 Å². The Labute approximate surface area is 367 Å². The van der Waals surface area contributed by atoms with Gasteiger partial charge in [-0.1, -0.05) is 44.2 Å². The van der Waals surface area contributed by atoms with Crippen molar-refractivity contribution in [2.45, 2.75) is 57.2 Å². The van der Waals surface area contributed by atoms with Gasteiger partial charge in [0, 0.05) is 18.7 Å². The number of hydrogen-bond acceptors (Lipinski definition) is 15. The number of nitrogens with one attached hydrogen (secondary N) is 5. The first-order valence-corrected chi connectivity index (χ1v) is 18.5. The second-order valence-electron chi connectivity index (χ2n) is 13.6. The topological polar surface area (TPSA) is 550 Å². The number of rotatable bonds is 23. The fourth-order valence-electron chi connectivity index (χ4n) is 5.23. The third kappa shape index (κ3) is 16.4. The van der Waals surface area contributed by atoms with Gasteiger partial charge in [0.2, 0.25) is 36.8 Å². The number of carbonyl (C=O) groups is 7. The number of non-ortho nitro benzene ring substituents is 1. The molecule has 0 aliphatic heterocycles. The number of hydrogen-bond donors (Lipinski definition) is 16. The van der Waals surface area contributed by atoms with E-state index in [1.807, 2.05) is 16.0 Å². The molecule has 65 heavy (non-hydrogen) atoms. The molecule has 0 fully saturated rings. The van der Waals surface area contributed by atoms with Gasteiger partial charge in [-0.05, 0) is 24.0 Å². The standard InChI is InChI=1S/C34H50N20O11/c1-13(2)10-11-53(17-9-8-15(54(64)65)12-16(17)30(62)63)29(61)28(60)44-18(14-6-4-3-5-7-14)24(56)46-21(50-32(38)39)26(58)48-23(52-34(42)43)27(59)47-22(51-33(40)41)25(57)45-20(19(35)55)49-31(36)37/h3-9,12-13,18,20-23,29,61H,10-11H2,1-2H3,(H2,35,55)(H,44,60)(H,45,57)(H,46,56)(H,47,59)(H,48,58)(H,62,63)(H4,36,37,49)(H4,38,39,50)(H4,40,41,51)(H4,42,43,52). The molecule has 2 rings (SSSR count). The van der Waals surface area contributed by atoms with Crippen molar-refractivity contribution < 1.29 is 48.7 Å². The molecule has 6 unspecified atom stereocenters. The number of amides is 6. The molecule has 0 saturated carbocycles. The minimum atomic E-state index is -2.24. The quantitative estimate of drug-likeness (QED) is 0.0162. The molecule has 0 aliphatic rings. The summed E-state index contributed by atoms with van der Waals surface area (Å²) in [6.07, 6.45) is -10.3. The van der Waals surface area contributed by atoms with E-state index in [2.05, 4.69) is 30.6 Å². The Morgan fingerprint density at radius 3 is 1.48 bits per heavy atom. The van der Waals surface area contributed by atoms with Crippen LogP contribution >= 0.6 is 0 Å². The van der Waals surface area contributed by atoms with Gasteiger partial charge in [0.1, 0.15) is 6.04 Å². The Hall–Kier alpha value is -9.03. The van der Waals surface area contributed by atoms with Gasteiger partial charge >= 0.3 is 5.97 Å². The highest BCUT2D eigenvalue weighted by molar-refractivity contribution is 6.00. The number of carbonyl (C=O) groups excluding carboxylic acids is 6. The molecule has 0 radical (unpaired) electrons. The lowest BCUT2D eigenvalue weighted by Crippen LogP contribution is -2.58. The molecule has 0 aromatic heterocycles. The zero-order valence-corrected chi connectivity index (χ0v) is 34.5. The summed E-state index contributed by atoms with van der Waals surface area (Å²) in [7, 11) is 0. The van der Waals surface area contributed by atoms with E-state index in [0.29, 0.717) is 0 Å². The Morgan fingerprint density at radius 2 is 1.08 bits per heavy atom. The van der Waals surface area contributed by atoms with Crippen molar-refractivity contribution in [3.05, 3.63) is 69.8 Å². The summed E-state index contributed by atoms with van der Waals surface area (Å²) in [5.41, 5.74) is 47.1. The van der Waals surface area contributed by atoms with Crippen LogP contribution in [0, 0.1) is 16.0 Å². The van der Waals surface area contributed by atoms with E-state index in [-0.39, 0.29) is 30.1 Å². The van der Waals surface area contributed by atoms with Gasteiger partial charge in [-0.25, -0.2) is 24.8 Å². The number of carboxylic acids is 1. The predicted octanol–water partition coefficient (Wildman–Crippen LogP) is -7.33. The van der Waals surface area contributed by atoms with E-state index in [1.54, 1.807) is 19.9 Å². The van der Waals surface area contributed by atoms with Crippen LogP contribution in [0.4, 0.5) is 11.4 Å². The highest BCUT2D eigenvalue weighted by atomic mass is 16.6. The Bertz CT molecular complexity index is 2220. The Balaban J connectivity index is 2.53. The Morgan fingerprint density at radius 1 is 0.646 bits per heavy atom. The minimum absolute atomic E-state index is 0.0462. The molecule has 0 bridgehead atoms. The molecule has 0 heterocycles. The number of aromatic carboxylic acids is 1. The first-order valence-electron chi connectivity index (χ1n) is 18.5. The van der Waals surface area contributed by atoms with Crippen molar-refractivity contribution in [2.75, 3.05) is 11.4 Å². The lowest BCUT2D eigenvalue weighted by molar-refractivity contribution is -0.384. The van der Waals surface area contributed by atoms with Crippen LogP contribution in [0.25, 0.3) is 0 Å². The summed E-state index contributed by atoms with van der Waals surface area (Å²) < 4.78 is 0. The van der Waals surface area contributed by atoms with Gasteiger partial charge in [-0.2, -0.15) is 0 Å². The Kier molecular flexibility index (Phi) is 19.1. The van der Waals surface area contributed by atoms with Crippen molar-refractivity contribution in [3.8, 4) is 0 Å². The smallest absolute Gasteiger partial charge is 0.338 e. The normalized spacial score (nSPS) is 13.3. The molecule has 2 aromatic rings. The van der Waals surface area contributed by atoms with Crippen molar-refractivity contribution in [3.63, 3.8) is 0 Å². The van der Waals surface area contributed by atoms with Crippen LogP contribution in [0.2, 0.25) is 0 Å². The highest BCUT2D eigenvalue weighted by Crippen LogP contribution is 2.28. The zero-order chi connectivity index (χ0) is 49.3. The molecule has 0 spiro atoms. The molecule has 6 atom stereocenters. The number of anilines is 1. The number of aliphatic imine (C=N–C) groups is 4. The monoisotopic (exact) mass is 914 g/mol. The number of nitro groups is 1. The lowest BCUT2D eigenvalue weighted by Gasteiger charge is -2.32. The number of benzene rings is 2. The molecule has 0 aliphatic carbocycles. The summed E-state index contributed by atoms with van der Waals surface area (Å²) in [4.78, 5) is 118. The molecular formula is C34H50N20O11. The molecule has 6 amide bonds. The molecule has 2 aromatic carbocycles. The summed E-state index contributed by atoms with van der Waals surface area (Å²) >= 11 is 0. The number of aliphatic hydroxyl groups is 1. The molecule has 25 N–H and O–H groups in total. The fraction of sp³-hybridized carbons (Fsp3) is 0.324. The number of carboxylic acid groups (broad SMARTS) is 1. The highest BCUT2D eigenvalue weighted by Gasteiger charge is 2.35. The molecule has 352 valence electrons. The van der Waals surface area contributed by atoms with Gasteiger partial charge in [-0.3, -0.25) is 38.9 Å². The molecule has 31 nitrogen and oxygen atoms in total. The maximum Gasteiger partial charge on any atom is 0.338 e. The van der Waals surface area contributed by atoms with Gasteiger partial charge < -0.3 is 93.3 Å². The number of nitro benzene ring substituents is 1. The number of nitrogens with two attached hydrogens (primary N) is 9. The van der Waals surface area contributed by atoms with Gasteiger partial charge in [0.15, 0.2) is 23.8 Å². The maximum atomic E-state index is 14.0. The first kappa shape index (κ1) is 52.1. The van der Waals surface area contributed by atoms with Crippen LogP contribution < -0.4 is 83.1 Å². The van der Waals surface area contributed by atoms with Crippen molar-refractivity contribution >= 4 is 76.6 Å². The van der Waals surface area contributed by atoms with Crippen LogP contribution in [-0.4, -0.2) is 118 Å². The van der Waals surface area contributed by atoms with E-state index in [1.165, 1.54) is 24.3 Å². The fourth-order valence-corrected chi connectivity index (χ4v) is 5.23. The molecular weight excluding hydrogens is 865 g/mol. The number of aliphatic hydroxyl groups excluding tert-OH is 1. The average Bonchev–Trinajstić information content (AvgIpc) is 3.20. The number of nitrogens with zero attached hydrogens (tertiary/aromatic N) is 6. The van der Waals surface area contributed by atoms with Gasteiger partial charge in [-0.15, -0.1) is 0 Å². The van der Waals surface area contributed by atoms with Gasteiger partial charge in [0.25, 0.3) is 35.2 Å². The summed E-state index contributed by atoms with van der Waals surface area (Å²) in [6.45, 7) is 3.44. The SMILES string of the molecule is CC(C)CCN(c1ccc([N+](=O)[O-])cc1C(=O)O)C(O)C(=O)NC(C(=O)NC(N=C(N)N)C(=O)NC(N=C(N)N)C(=O)NC(N=C(N)N)C(=O)NC(N=C(N)N)C(N)=O)c1ccccc1. The number of primary amides is 1. The van der Waals surface area contributed by atoms with Crippen LogP contribution in [0.1, 0.15) is 42.2 Å². The third-order valence-electron chi connectivity index (χ3n) is 8.13. The van der Waals surface area contributed by atoms with E-state index < -0.39 is 118 Å². The van der Waals surface area contributed by atoms with Crippen LogP contribution in [-0.2, 0) is 28.8 Å². The van der Waals surface area contributed by atoms with Crippen LogP contribution in [0.15, 0.2) is 68.5 Å². The second kappa shape index (κ2) is 23.8. The molecule has 0 saturated heterocycles. The summed E-state index contributed by atoms with van der Waals surface area (Å²) in [5.74, 6) is -12.7. The molecule has 31 heteroatoms. The van der Waals surface area contributed by atoms with E-state index in [0.717, 1.165) is 23.1 Å². The lowest BCUT2D eigenvalue weighted by atomic mass is 10.1. The second-order valence-corrected chi connectivity index (χ2v) is 13.6. The average molecular weight is 915 g/mol. The number of guanidine groups is 4. The minimum Gasteiger partial charge on any atom is -0.478 e. The van der Waals surface area contributed by atoms with Crippen LogP contribution in [0.3, 0.4) is 0 Å². The third-order valence-corrected chi connectivity index (χ3v) is 8.13. The van der Waals surface area contributed by atoms with E-state index in [9.17, 15) is 53.9 Å². The summed E-state index contributed by atoms with van der Waals surface area (Å²) in [5, 5.41) is 43.3. The van der Waals surface area contributed by atoms with Crippen molar-refractivity contribution in [2.24, 2.45) is 77.5 Å². The maximum absolute atomic E-state index is 14.0. The van der Waals surface area contributed by atoms with E-state index in [4.69, 9.17) is 51.6 Å². The van der Waals surface area contributed by atoms with Crippen molar-refractivity contribution in [1.29, 1.82) is 0 Å². The zero-order valence-electron chi connectivity index (χ0n) is 34.5. The predicted molar refractivity (Wildman–Crippen MR) is 230 cm³/mol.